The molecule has 2 N–H and O–H groups in total. The average Bonchev–Trinajstić information content (AvgIpc) is 2.85. The van der Waals surface area contributed by atoms with Gasteiger partial charge in [0.1, 0.15) is 5.01 Å². The number of guanidine groups is 1. The van der Waals surface area contributed by atoms with E-state index >= 15 is 0 Å². The molecule has 0 fully saturated rings. The summed E-state index contributed by atoms with van der Waals surface area (Å²) in [6, 6.07) is 0. The molecule has 0 saturated heterocycles. The van der Waals surface area contributed by atoms with Crippen molar-refractivity contribution in [1.82, 2.24) is 15.6 Å². The summed E-state index contributed by atoms with van der Waals surface area (Å²) in [5.41, 5.74) is 1.23. The molecule has 5 nitrogen and oxygen atoms in total. The van der Waals surface area contributed by atoms with E-state index in [0.717, 1.165) is 29.8 Å². The molecule has 1 heterocycles. The number of nitrogens with zero attached hydrogens (tertiary/aromatic N) is 2. The molecule has 0 aromatic carbocycles. The molecule has 0 aliphatic heterocycles. The largest absolute Gasteiger partial charge is 0.383 e. The predicted molar refractivity (Wildman–Crippen MR) is 101 cm³/mol. The van der Waals surface area contributed by atoms with Crippen molar-refractivity contribution < 1.29 is 4.74 Å². The summed E-state index contributed by atoms with van der Waals surface area (Å²) in [6.07, 6.45) is 0. The molecule has 0 atom stereocenters. The number of rotatable bonds is 6. The number of aromatic nitrogens is 1. The summed E-state index contributed by atoms with van der Waals surface area (Å²) < 4.78 is 5.02. The van der Waals surface area contributed by atoms with Gasteiger partial charge in [-0.25, -0.2) is 9.98 Å². The van der Waals surface area contributed by atoms with Crippen molar-refractivity contribution >= 4 is 41.3 Å². The maximum absolute atomic E-state index is 5.02. The van der Waals surface area contributed by atoms with Crippen LogP contribution in [0.4, 0.5) is 0 Å². The second kappa shape index (κ2) is 10.3. The quantitative estimate of drug-likeness (QED) is 0.318. The van der Waals surface area contributed by atoms with Crippen molar-refractivity contribution in [3.8, 4) is 0 Å². The van der Waals surface area contributed by atoms with E-state index in [4.69, 9.17) is 4.74 Å². The minimum absolute atomic E-state index is 0. The summed E-state index contributed by atoms with van der Waals surface area (Å²) in [6.45, 7) is 11.4. The van der Waals surface area contributed by atoms with Crippen molar-refractivity contribution in [3.05, 3.63) is 16.1 Å². The topological polar surface area (TPSA) is 58.5 Å². The maximum Gasteiger partial charge on any atom is 0.191 e. The Hall–Kier alpha value is -0.410. The van der Waals surface area contributed by atoms with Crippen LogP contribution in [0.25, 0.3) is 0 Å². The maximum atomic E-state index is 5.02. The minimum atomic E-state index is 0. The van der Waals surface area contributed by atoms with Crippen LogP contribution >= 0.6 is 35.3 Å². The van der Waals surface area contributed by atoms with Gasteiger partial charge in [0.15, 0.2) is 5.96 Å². The fourth-order valence-electron chi connectivity index (χ4n) is 1.49. The molecular formula is C14H27IN4OS. The first-order chi connectivity index (χ1) is 9.47. The molecule has 122 valence electrons. The van der Waals surface area contributed by atoms with Gasteiger partial charge in [-0.2, -0.15) is 0 Å². The predicted octanol–water partition coefficient (Wildman–Crippen LogP) is 2.76. The third kappa shape index (κ3) is 7.96. The van der Waals surface area contributed by atoms with Crippen LogP contribution in [0.2, 0.25) is 0 Å². The number of ether oxygens (including phenoxy) is 1. The molecular weight excluding hydrogens is 399 g/mol. The van der Waals surface area contributed by atoms with Crippen LogP contribution in [0.5, 0.6) is 0 Å². The Morgan fingerprint density at radius 3 is 2.62 bits per heavy atom. The van der Waals surface area contributed by atoms with Gasteiger partial charge in [-0.05, 0) is 6.92 Å². The SMILES string of the molecule is CCNC(=NCc1nc(C(C)(C)C)cs1)NCCOC.I. The Kier molecular flexibility index (Phi) is 10.1. The van der Waals surface area contributed by atoms with Crippen LogP contribution in [0, 0.1) is 0 Å². The van der Waals surface area contributed by atoms with E-state index in [0.29, 0.717) is 13.2 Å². The second-order valence-electron chi connectivity index (χ2n) is 5.49. The summed E-state index contributed by atoms with van der Waals surface area (Å²) in [4.78, 5) is 9.18. The fraction of sp³-hybridized carbons (Fsp3) is 0.714. The number of halogens is 1. The minimum Gasteiger partial charge on any atom is -0.383 e. The van der Waals surface area contributed by atoms with Gasteiger partial charge >= 0.3 is 0 Å². The van der Waals surface area contributed by atoms with E-state index in [-0.39, 0.29) is 29.4 Å². The van der Waals surface area contributed by atoms with E-state index < -0.39 is 0 Å². The van der Waals surface area contributed by atoms with Gasteiger partial charge < -0.3 is 15.4 Å². The summed E-state index contributed by atoms with van der Waals surface area (Å²) in [7, 11) is 1.69. The van der Waals surface area contributed by atoms with E-state index in [1.54, 1.807) is 18.4 Å². The van der Waals surface area contributed by atoms with Crippen LogP contribution in [-0.4, -0.2) is 37.7 Å². The normalized spacial score (nSPS) is 12.0. The van der Waals surface area contributed by atoms with E-state index in [1.165, 1.54) is 0 Å². The molecule has 0 amide bonds. The Morgan fingerprint density at radius 1 is 1.38 bits per heavy atom. The third-order valence-electron chi connectivity index (χ3n) is 2.64. The molecule has 0 bridgehead atoms. The second-order valence-corrected chi connectivity index (χ2v) is 6.43. The molecule has 1 aromatic rings. The number of hydrogen-bond acceptors (Lipinski definition) is 4. The first-order valence-electron chi connectivity index (χ1n) is 6.93. The van der Waals surface area contributed by atoms with Crippen LogP contribution in [0.3, 0.4) is 0 Å². The van der Waals surface area contributed by atoms with Gasteiger partial charge in [0.05, 0.1) is 18.8 Å². The molecule has 7 heteroatoms. The lowest BCUT2D eigenvalue weighted by atomic mass is 9.93. The molecule has 21 heavy (non-hydrogen) atoms. The highest BCUT2D eigenvalue weighted by Crippen LogP contribution is 2.24. The zero-order valence-corrected chi connectivity index (χ0v) is 16.7. The number of methoxy groups -OCH3 is 1. The standard InChI is InChI=1S/C14H26N4OS.HI/c1-6-15-13(16-7-8-19-5)17-9-12-18-11(10-20-12)14(2,3)4;/h10H,6-9H2,1-5H3,(H2,15,16,17);1H. The molecule has 0 radical (unpaired) electrons. The van der Waals surface area contributed by atoms with Gasteiger partial charge in [-0.1, -0.05) is 20.8 Å². The molecule has 1 rings (SSSR count). The highest BCUT2D eigenvalue weighted by atomic mass is 127. The summed E-state index contributed by atoms with van der Waals surface area (Å²) in [5, 5.41) is 9.59. The average molecular weight is 426 g/mol. The van der Waals surface area contributed by atoms with Gasteiger partial charge in [0.25, 0.3) is 0 Å². The zero-order valence-electron chi connectivity index (χ0n) is 13.5. The Balaban J connectivity index is 0.00000400. The number of hydrogen-bond donors (Lipinski definition) is 2. The van der Waals surface area contributed by atoms with Crippen molar-refractivity contribution in [2.75, 3.05) is 26.8 Å². The summed E-state index contributed by atoms with van der Waals surface area (Å²) in [5.74, 6) is 0.803. The van der Waals surface area contributed by atoms with Gasteiger partial charge in [0, 0.05) is 31.0 Å². The molecule has 0 spiro atoms. The number of thiazole rings is 1. The van der Waals surface area contributed by atoms with E-state index in [2.05, 4.69) is 53.7 Å². The lowest BCUT2D eigenvalue weighted by Gasteiger charge is -2.14. The molecule has 0 aliphatic carbocycles. The van der Waals surface area contributed by atoms with Crippen molar-refractivity contribution in [2.24, 2.45) is 4.99 Å². The number of aliphatic imine (C=N–C) groups is 1. The van der Waals surface area contributed by atoms with Gasteiger partial charge in [-0.3, -0.25) is 0 Å². The first kappa shape index (κ1) is 20.6. The fourth-order valence-corrected chi connectivity index (χ4v) is 2.43. The lowest BCUT2D eigenvalue weighted by Crippen LogP contribution is -2.38. The Bertz CT molecular complexity index is 429. The molecule has 0 unspecified atom stereocenters. The summed E-state index contributed by atoms with van der Waals surface area (Å²) >= 11 is 1.67. The van der Waals surface area contributed by atoms with E-state index in [9.17, 15) is 0 Å². The van der Waals surface area contributed by atoms with Crippen LogP contribution in [-0.2, 0) is 16.7 Å². The van der Waals surface area contributed by atoms with Crippen molar-refractivity contribution in [2.45, 2.75) is 39.7 Å². The van der Waals surface area contributed by atoms with Crippen LogP contribution in [0.1, 0.15) is 38.4 Å². The first-order valence-corrected chi connectivity index (χ1v) is 7.81. The zero-order chi connectivity index (χ0) is 15.0. The molecule has 0 aliphatic rings. The monoisotopic (exact) mass is 426 g/mol. The van der Waals surface area contributed by atoms with Crippen molar-refractivity contribution in [3.63, 3.8) is 0 Å². The van der Waals surface area contributed by atoms with Crippen LogP contribution < -0.4 is 10.6 Å². The van der Waals surface area contributed by atoms with Crippen molar-refractivity contribution in [1.29, 1.82) is 0 Å². The highest BCUT2D eigenvalue weighted by molar-refractivity contribution is 14.0. The highest BCUT2D eigenvalue weighted by Gasteiger charge is 2.17. The molecule has 1 aromatic heterocycles. The Labute approximate surface area is 149 Å². The van der Waals surface area contributed by atoms with Crippen LogP contribution in [0.15, 0.2) is 10.4 Å². The molecule has 0 saturated carbocycles. The smallest absolute Gasteiger partial charge is 0.191 e. The number of nitrogens with one attached hydrogen (secondary N) is 2. The third-order valence-corrected chi connectivity index (χ3v) is 3.47. The van der Waals surface area contributed by atoms with Gasteiger partial charge in [-0.15, -0.1) is 35.3 Å². The Morgan fingerprint density at radius 2 is 2.10 bits per heavy atom. The lowest BCUT2D eigenvalue weighted by molar-refractivity contribution is 0.203. The van der Waals surface area contributed by atoms with E-state index in [1.807, 2.05) is 0 Å². The van der Waals surface area contributed by atoms with Gasteiger partial charge in [0.2, 0.25) is 0 Å².